The molecule has 190 valence electrons. The zero-order chi connectivity index (χ0) is 25.0. The lowest BCUT2D eigenvalue weighted by atomic mass is 10.0. The number of allylic oxidation sites excluding steroid dienone is 4. The summed E-state index contributed by atoms with van der Waals surface area (Å²) < 4.78 is 19.6. The van der Waals surface area contributed by atoms with Gasteiger partial charge in [0, 0.05) is 12.2 Å². The molecule has 0 spiro atoms. The molecular formula is C29H31N5O3. The first kappa shape index (κ1) is 23.4. The number of nitrogens with one attached hydrogen (secondary N) is 1. The maximum atomic E-state index is 6.25. The largest absolute Gasteiger partial charge is 0.492 e. The smallest absolute Gasteiger partial charge is 0.247 e. The Balaban J connectivity index is 1.15. The van der Waals surface area contributed by atoms with Gasteiger partial charge in [0.1, 0.15) is 30.6 Å². The Labute approximate surface area is 216 Å². The Hall–Kier alpha value is -4.04. The highest BCUT2D eigenvalue weighted by molar-refractivity contribution is 5.64. The third-order valence-corrected chi connectivity index (χ3v) is 6.72. The van der Waals surface area contributed by atoms with E-state index in [9.17, 15) is 0 Å². The number of likely N-dealkylation sites (tertiary alicyclic amines) is 1. The van der Waals surface area contributed by atoms with Gasteiger partial charge in [0.05, 0.1) is 0 Å². The highest BCUT2D eigenvalue weighted by atomic mass is 16.5. The molecule has 0 saturated carbocycles. The van der Waals surface area contributed by atoms with Crippen molar-refractivity contribution in [1.82, 2.24) is 19.5 Å². The third-order valence-electron chi connectivity index (χ3n) is 6.72. The van der Waals surface area contributed by atoms with Crippen LogP contribution in [0, 0.1) is 6.92 Å². The number of hydrogen-bond acceptors (Lipinski definition) is 7. The molecule has 1 aromatic carbocycles. The van der Waals surface area contributed by atoms with Crippen molar-refractivity contribution >= 4 is 23.0 Å². The zero-order valence-electron chi connectivity index (χ0n) is 21.0. The lowest BCUT2D eigenvalue weighted by Crippen LogP contribution is -2.25. The molecule has 37 heavy (non-hydrogen) atoms. The lowest BCUT2D eigenvalue weighted by Gasteiger charge is -2.20. The van der Waals surface area contributed by atoms with Crippen molar-refractivity contribution < 1.29 is 14.2 Å². The molecule has 6 rings (SSSR count). The summed E-state index contributed by atoms with van der Waals surface area (Å²) in [7, 11) is 0. The van der Waals surface area contributed by atoms with Crippen LogP contribution in [0.2, 0.25) is 0 Å². The number of aromatic nitrogens is 3. The van der Waals surface area contributed by atoms with Gasteiger partial charge in [-0.1, -0.05) is 18.2 Å². The Morgan fingerprint density at radius 1 is 1.05 bits per heavy atom. The predicted molar refractivity (Wildman–Crippen MR) is 143 cm³/mol. The summed E-state index contributed by atoms with van der Waals surface area (Å²) in [5.41, 5.74) is 4.55. The minimum Gasteiger partial charge on any atom is -0.492 e. The first-order chi connectivity index (χ1) is 18.2. The van der Waals surface area contributed by atoms with Crippen LogP contribution in [0.3, 0.4) is 0 Å². The summed E-state index contributed by atoms with van der Waals surface area (Å²) in [6.07, 6.45) is 14.0. The molecule has 2 aromatic heterocycles. The number of rotatable bonds is 8. The van der Waals surface area contributed by atoms with Gasteiger partial charge >= 0.3 is 0 Å². The number of aryl methyl sites for hydroxylation is 1. The highest BCUT2D eigenvalue weighted by Gasteiger charge is 2.20. The van der Waals surface area contributed by atoms with Gasteiger partial charge in [-0.3, -0.25) is 4.90 Å². The number of anilines is 2. The van der Waals surface area contributed by atoms with Crippen LogP contribution in [-0.2, 0) is 9.47 Å². The van der Waals surface area contributed by atoms with Gasteiger partial charge in [-0.15, -0.1) is 5.10 Å². The average Bonchev–Trinajstić information content (AvgIpc) is 3.59. The molecule has 8 heteroatoms. The summed E-state index contributed by atoms with van der Waals surface area (Å²) in [6.45, 7) is 6.08. The van der Waals surface area contributed by atoms with Crippen molar-refractivity contribution in [3.05, 3.63) is 89.7 Å². The monoisotopic (exact) mass is 497 g/mol. The number of hydrogen-bond donors (Lipinski definition) is 1. The van der Waals surface area contributed by atoms with Crippen LogP contribution in [-0.4, -0.2) is 45.7 Å². The zero-order valence-corrected chi connectivity index (χ0v) is 21.0. The van der Waals surface area contributed by atoms with E-state index in [4.69, 9.17) is 24.3 Å². The molecule has 0 unspecified atom stereocenters. The fourth-order valence-electron chi connectivity index (χ4n) is 4.79. The van der Waals surface area contributed by atoms with Crippen LogP contribution < -0.4 is 10.1 Å². The van der Waals surface area contributed by atoms with Crippen LogP contribution in [0.5, 0.6) is 5.75 Å². The molecular weight excluding hydrogens is 466 g/mol. The van der Waals surface area contributed by atoms with Gasteiger partial charge in [-0.05, 0) is 93.2 Å². The van der Waals surface area contributed by atoms with Crippen molar-refractivity contribution in [2.75, 3.05) is 31.6 Å². The fourth-order valence-corrected chi connectivity index (χ4v) is 4.79. The van der Waals surface area contributed by atoms with Crippen LogP contribution in [0.1, 0.15) is 36.9 Å². The Bertz CT molecular complexity index is 1390. The summed E-state index contributed by atoms with van der Waals surface area (Å²) in [4.78, 5) is 7.14. The van der Waals surface area contributed by atoms with Crippen molar-refractivity contribution in [3.63, 3.8) is 0 Å². The molecule has 1 fully saturated rings. The van der Waals surface area contributed by atoms with Gasteiger partial charge in [0.2, 0.25) is 5.95 Å². The third kappa shape index (κ3) is 5.39. The second kappa shape index (κ2) is 10.5. The Kier molecular flexibility index (Phi) is 6.64. The second-order valence-electron chi connectivity index (χ2n) is 9.53. The van der Waals surface area contributed by atoms with Crippen LogP contribution in [0.15, 0.2) is 78.5 Å². The quantitative estimate of drug-likeness (QED) is 0.427. The first-order valence-corrected chi connectivity index (χ1v) is 12.9. The van der Waals surface area contributed by atoms with E-state index in [1.807, 2.05) is 43.3 Å². The van der Waals surface area contributed by atoms with E-state index in [0.29, 0.717) is 18.3 Å². The van der Waals surface area contributed by atoms with Gasteiger partial charge in [0.25, 0.3) is 0 Å². The fraction of sp³-hybridized carbons (Fsp3) is 0.310. The van der Waals surface area contributed by atoms with E-state index in [-0.39, 0.29) is 0 Å². The van der Waals surface area contributed by atoms with E-state index in [1.165, 1.54) is 25.9 Å². The summed E-state index contributed by atoms with van der Waals surface area (Å²) in [5.74, 6) is 2.67. The molecule has 0 amide bonds. The van der Waals surface area contributed by atoms with Crippen molar-refractivity contribution in [2.45, 2.75) is 32.6 Å². The number of fused-ring (bicyclic) bond motifs is 1. The van der Waals surface area contributed by atoms with Crippen LogP contribution in [0.25, 0.3) is 11.4 Å². The number of nitrogens with zero attached hydrogens (tertiary/aromatic N) is 4. The molecule has 1 saturated heterocycles. The van der Waals surface area contributed by atoms with E-state index in [2.05, 4.69) is 28.4 Å². The van der Waals surface area contributed by atoms with E-state index < -0.39 is 0 Å². The molecule has 1 N–H and O–H groups in total. The van der Waals surface area contributed by atoms with E-state index >= 15 is 0 Å². The van der Waals surface area contributed by atoms with Crippen molar-refractivity contribution in [2.24, 2.45) is 0 Å². The number of ether oxygens (including phenoxy) is 3. The maximum Gasteiger partial charge on any atom is 0.247 e. The predicted octanol–water partition coefficient (Wildman–Crippen LogP) is 5.72. The van der Waals surface area contributed by atoms with Gasteiger partial charge in [-0.25, -0.2) is 4.52 Å². The van der Waals surface area contributed by atoms with Crippen molar-refractivity contribution in [3.8, 4) is 5.75 Å². The molecule has 3 aromatic rings. The van der Waals surface area contributed by atoms with Crippen LogP contribution >= 0.6 is 0 Å². The summed E-state index contributed by atoms with van der Waals surface area (Å²) >= 11 is 0. The number of benzene rings is 1. The summed E-state index contributed by atoms with van der Waals surface area (Å²) in [5, 5.41) is 8.02. The molecule has 0 radical (unpaired) electrons. The minimum atomic E-state index is 0.503. The maximum absolute atomic E-state index is 6.25. The topological polar surface area (TPSA) is 73.2 Å². The van der Waals surface area contributed by atoms with E-state index in [1.54, 1.807) is 17.0 Å². The molecule has 0 atom stereocenters. The Morgan fingerprint density at radius 2 is 1.89 bits per heavy atom. The van der Waals surface area contributed by atoms with Crippen molar-refractivity contribution in [1.29, 1.82) is 0 Å². The first-order valence-electron chi connectivity index (χ1n) is 12.9. The molecule has 2 aliphatic heterocycles. The van der Waals surface area contributed by atoms with Gasteiger partial charge in [-0.2, -0.15) is 4.98 Å². The van der Waals surface area contributed by atoms with Gasteiger partial charge in [0.15, 0.2) is 17.2 Å². The molecule has 8 nitrogen and oxygen atoms in total. The van der Waals surface area contributed by atoms with Gasteiger partial charge < -0.3 is 19.5 Å². The normalized spacial score (nSPS) is 17.6. The average molecular weight is 498 g/mol. The minimum absolute atomic E-state index is 0.503. The lowest BCUT2D eigenvalue weighted by molar-refractivity contribution is 0.238. The second-order valence-corrected chi connectivity index (χ2v) is 9.53. The molecule has 4 heterocycles. The molecule has 1 aliphatic carbocycles. The standard InChI is InChI=1S/C29H31N5O3/c1-21-17-25(27-20-35-19-26(37-27)22-7-3-2-4-8-22)34-28(18-21)31-29(32-34)30-23-9-11-24(12-10-23)36-16-15-33-13-5-6-14-33/h2-3,7,9-12,17-20H,4-6,8,13-16H2,1H3,(H,30,32). The number of pyridine rings is 1. The molecule has 3 aliphatic rings. The Morgan fingerprint density at radius 3 is 2.70 bits per heavy atom. The van der Waals surface area contributed by atoms with E-state index in [0.717, 1.165) is 59.1 Å². The highest BCUT2D eigenvalue weighted by Crippen LogP contribution is 2.31. The van der Waals surface area contributed by atoms with Crippen LogP contribution in [0.4, 0.5) is 11.6 Å². The summed E-state index contributed by atoms with van der Waals surface area (Å²) in [6, 6.07) is 11.9. The SMILES string of the molecule is Cc1cc(C2=COC=C(C3=CC=CCC3)O2)n2nc(Nc3ccc(OCCN4CCCC4)cc3)nc2c1. The molecule has 0 bridgehead atoms.